The summed E-state index contributed by atoms with van der Waals surface area (Å²) in [6.07, 6.45) is 1.48. The van der Waals surface area contributed by atoms with Crippen molar-refractivity contribution < 1.29 is 17.9 Å². The van der Waals surface area contributed by atoms with Gasteiger partial charge < -0.3 is 4.74 Å². The zero-order chi connectivity index (χ0) is 23.1. The van der Waals surface area contributed by atoms with E-state index in [0.717, 1.165) is 19.9 Å². The first-order valence-corrected chi connectivity index (χ1v) is 11.8. The predicted molar refractivity (Wildman–Crippen MR) is 129 cm³/mol. The molecule has 7 nitrogen and oxygen atoms in total. The molecule has 32 heavy (non-hydrogen) atoms. The third kappa shape index (κ3) is 5.74. The SMILES string of the molecule is COc1ccc(C)cc1N(CC(=O)N/N=C\c1cccc(Br)c1)S(=O)(=O)c1ccccc1. The molecule has 3 aromatic carbocycles. The lowest BCUT2D eigenvalue weighted by molar-refractivity contribution is -0.119. The van der Waals surface area contributed by atoms with Gasteiger partial charge in [0.05, 0.1) is 23.9 Å². The highest BCUT2D eigenvalue weighted by Gasteiger charge is 2.29. The van der Waals surface area contributed by atoms with E-state index < -0.39 is 22.5 Å². The van der Waals surface area contributed by atoms with Gasteiger partial charge in [-0.2, -0.15) is 5.10 Å². The number of anilines is 1. The number of nitrogens with zero attached hydrogens (tertiary/aromatic N) is 2. The van der Waals surface area contributed by atoms with Crippen LogP contribution in [0.15, 0.2) is 87.3 Å². The van der Waals surface area contributed by atoms with Crippen molar-refractivity contribution in [3.8, 4) is 5.75 Å². The average Bonchev–Trinajstić information content (AvgIpc) is 2.78. The molecule has 0 saturated carbocycles. The van der Waals surface area contributed by atoms with Crippen LogP contribution in [-0.2, 0) is 14.8 Å². The molecule has 0 atom stereocenters. The molecule has 0 radical (unpaired) electrons. The van der Waals surface area contributed by atoms with E-state index in [1.807, 2.05) is 31.2 Å². The Morgan fingerprint density at radius 2 is 1.84 bits per heavy atom. The molecule has 1 N–H and O–H groups in total. The first-order valence-electron chi connectivity index (χ1n) is 9.61. The van der Waals surface area contributed by atoms with Gasteiger partial charge in [0.25, 0.3) is 15.9 Å². The highest BCUT2D eigenvalue weighted by Crippen LogP contribution is 2.33. The van der Waals surface area contributed by atoms with E-state index in [1.54, 1.807) is 36.4 Å². The van der Waals surface area contributed by atoms with Gasteiger partial charge in [-0.3, -0.25) is 9.10 Å². The Morgan fingerprint density at radius 1 is 1.09 bits per heavy atom. The van der Waals surface area contributed by atoms with Gasteiger partial charge in [-0.05, 0) is 54.4 Å². The summed E-state index contributed by atoms with van der Waals surface area (Å²) < 4.78 is 34.1. The molecule has 0 spiro atoms. The van der Waals surface area contributed by atoms with Crippen molar-refractivity contribution >= 4 is 43.8 Å². The standard InChI is InChI=1S/C23H22BrN3O4S/c1-17-11-12-22(31-2)21(13-17)27(32(29,30)20-9-4-3-5-10-20)16-23(28)26-25-15-18-7-6-8-19(24)14-18/h3-15H,16H2,1-2H3,(H,26,28)/b25-15-. The van der Waals surface area contributed by atoms with Crippen LogP contribution in [0.3, 0.4) is 0 Å². The number of carbonyl (C=O) groups excluding carboxylic acids is 1. The number of ether oxygens (including phenoxy) is 1. The molecule has 0 bridgehead atoms. The lowest BCUT2D eigenvalue weighted by atomic mass is 10.2. The fourth-order valence-corrected chi connectivity index (χ4v) is 4.81. The average molecular weight is 516 g/mol. The van der Waals surface area contributed by atoms with Gasteiger partial charge in [-0.25, -0.2) is 13.8 Å². The number of sulfonamides is 1. The second-order valence-electron chi connectivity index (χ2n) is 6.85. The number of hydrogen-bond donors (Lipinski definition) is 1. The van der Waals surface area contributed by atoms with Crippen molar-refractivity contribution in [3.63, 3.8) is 0 Å². The van der Waals surface area contributed by atoms with Crippen molar-refractivity contribution in [2.45, 2.75) is 11.8 Å². The number of halogens is 1. The Morgan fingerprint density at radius 3 is 2.53 bits per heavy atom. The van der Waals surface area contributed by atoms with Crippen LogP contribution in [0.1, 0.15) is 11.1 Å². The van der Waals surface area contributed by atoms with Crippen LogP contribution in [0.2, 0.25) is 0 Å². The summed E-state index contributed by atoms with van der Waals surface area (Å²) in [5.41, 5.74) is 4.25. The molecule has 3 rings (SSSR count). The molecule has 1 amide bonds. The maximum absolute atomic E-state index is 13.4. The molecular formula is C23H22BrN3O4S. The number of rotatable bonds is 8. The topological polar surface area (TPSA) is 88.1 Å². The third-order valence-corrected chi connectivity index (χ3v) is 6.74. The van der Waals surface area contributed by atoms with E-state index in [1.165, 1.54) is 25.5 Å². The molecule has 0 aliphatic heterocycles. The van der Waals surface area contributed by atoms with Gasteiger partial charge >= 0.3 is 0 Å². The van der Waals surface area contributed by atoms with Crippen LogP contribution in [0.5, 0.6) is 5.75 Å². The van der Waals surface area contributed by atoms with Crippen LogP contribution in [-0.4, -0.2) is 34.2 Å². The molecule has 0 unspecified atom stereocenters. The van der Waals surface area contributed by atoms with Gasteiger partial charge in [-0.15, -0.1) is 0 Å². The molecule has 3 aromatic rings. The molecular weight excluding hydrogens is 494 g/mol. The van der Waals surface area contributed by atoms with E-state index in [0.29, 0.717) is 5.75 Å². The summed E-state index contributed by atoms with van der Waals surface area (Å²) >= 11 is 3.37. The molecule has 0 heterocycles. The van der Waals surface area contributed by atoms with Crippen molar-refractivity contribution in [3.05, 3.63) is 88.4 Å². The Bertz CT molecular complexity index is 1230. The van der Waals surface area contributed by atoms with Crippen LogP contribution in [0.4, 0.5) is 5.69 Å². The minimum absolute atomic E-state index is 0.0639. The number of hydrogen-bond acceptors (Lipinski definition) is 5. The number of hydrazone groups is 1. The summed E-state index contributed by atoms with van der Waals surface area (Å²) in [7, 11) is -2.60. The van der Waals surface area contributed by atoms with E-state index in [2.05, 4.69) is 26.5 Å². The van der Waals surface area contributed by atoms with Gasteiger partial charge in [0.15, 0.2) is 0 Å². The lowest BCUT2D eigenvalue weighted by Crippen LogP contribution is -2.39. The monoisotopic (exact) mass is 515 g/mol. The Hall–Kier alpha value is -3.17. The molecule has 0 aliphatic rings. The van der Waals surface area contributed by atoms with Gasteiger partial charge in [0.1, 0.15) is 12.3 Å². The fraction of sp³-hybridized carbons (Fsp3) is 0.130. The molecule has 0 aliphatic carbocycles. The Labute approximate surface area is 195 Å². The molecule has 9 heteroatoms. The number of benzene rings is 3. The molecule has 0 saturated heterocycles. The molecule has 166 valence electrons. The summed E-state index contributed by atoms with van der Waals surface area (Å²) in [4.78, 5) is 12.7. The molecule has 0 aromatic heterocycles. The van der Waals surface area contributed by atoms with Crippen molar-refractivity contribution in [1.29, 1.82) is 0 Å². The van der Waals surface area contributed by atoms with Gasteiger partial charge in [0.2, 0.25) is 0 Å². The predicted octanol–water partition coefficient (Wildman–Crippen LogP) is 4.11. The maximum Gasteiger partial charge on any atom is 0.264 e. The van der Waals surface area contributed by atoms with Crippen LogP contribution in [0.25, 0.3) is 0 Å². The number of aryl methyl sites for hydroxylation is 1. The minimum Gasteiger partial charge on any atom is -0.495 e. The largest absolute Gasteiger partial charge is 0.495 e. The first-order chi connectivity index (χ1) is 15.3. The van der Waals surface area contributed by atoms with Gasteiger partial charge in [0, 0.05) is 4.47 Å². The fourth-order valence-electron chi connectivity index (χ4n) is 2.95. The van der Waals surface area contributed by atoms with E-state index in [9.17, 15) is 13.2 Å². The van der Waals surface area contributed by atoms with Crippen LogP contribution >= 0.6 is 15.9 Å². The second kappa shape index (κ2) is 10.4. The second-order valence-corrected chi connectivity index (χ2v) is 9.63. The van der Waals surface area contributed by atoms with E-state index in [-0.39, 0.29) is 10.6 Å². The summed E-state index contributed by atoms with van der Waals surface area (Å²) in [5.74, 6) is -0.264. The smallest absolute Gasteiger partial charge is 0.264 e. The normalized spacial score (nSPS) is 11.3. The van der Waals surface area contributed by atoms with Crippen molar-refractivity contribution in [2.75, 3.05) is 18.0 Å². The zero-order valence-electron chi connectivity index (χ0n) is 17.5. The minimum atomic E-state index is -4.05. The highest BCUT2D eigenvalue weighted by atomic mass is 79.9. The first kappa shape index (κ1) is 23.5. The van der Waals surface area contributed by atoms with E-state index in [4.69, 9.17) is 4.74 Å². The summed E-state index contributed by atoms with van der Waals surface area (Å²) in [5, 5.41) is 3.95. The zero-order valence-corrected chi connectivity index (χ0v) is 19.9. The number of carbonyl (C=O) groups is 1. The van der Waals surface area contributed by atoms with Crippen molar-refractivity contribution in [1.82, 2.24) is 5.43 Å². The summed E-state index contributed by atoms with van der Waals surface area (Å²) in [6.45, 7) is 1.35. The van der Waals surface area contributed by atoms with Crippen LogP contribution in [0, 0.1) is 6.92 Å². The number of amides is 1. The van der Waals surface area contributed by atoms with Crippen LogP contribution < -0.4 is 14.5 Å². The molecule has 0 fully saturated rings. The number of nitrogens with one attached hydrogen (secondary N) is 1. The Kier molecular flexibility index (Phi) is 7.66. The highest BCUT2D eigenvalue weighted by molar-refractivity contribution is 9.10. The maximum atomic E-state index is 13.4. The van der Waals surface area contributed by atoms with Crippen molar-refractivity contribution in [2.24, 2.45) is 5.10 Å². The quantitative estimate of drug-likeness (QED) is 0.361. The number of methoxy groups -OCH3 is 1. The van der Waals surface area contributed by atoms with E-state index >= 15 is 0 Å². The van der Waals surface area contributed by atoms with Gasteiger partial charge in [-0.1, -0.05) is 52.3 Å². The Balaban J connectivity index is 1.91. The third-order valence-electron chi connectivity index (χ3n) is 4.47. The summed E-state index contributed by atoms with van der Waals surface area (Å²) in [6, 6.07) is 20.4. The lowest BCUT2D eigenvalue weighted by Gasteiger charge is -2.25.